The van der Waals surface area contributed by atoms with Gasteiger partial charge in [-0.2, -0.15) is 0 Å². The van der Waals surface area contributed by atoms with E-state index in [4.69, 9.17) is 23.2 Å². The number of methoxy groups -OCH3 is 1. The van der Waals surface area contributed by atoms with Gasteiger partial charge in [-0.15, -0.1) is 0 Å². The van der Waals surface area contributed by atoms with Gasteiger partial charge in [0.2, 0.25) is 0 Å². The predicted octanol–water partition coefficient (Wildman–Crippen LogP) is 4.20. The average molecular weight is 287 g/mol. The first-order chi connectivity index (χ1) is 8.45. The van der Waals surface area contributed by atoms with E-state index in [1.54, 1.807) is 0 Å². The van der Waals surface area contributed by atoms with Crippen LogP contribution in [-0.4, -0.2) is 13.1 Å². The van der Waals surface area contributed by atoms with Crippen molar-refractivity contribution in [1.29, 1.82) is 0 Å². The van der Waals surface area contributed by atoms with Gasteiger partial charge in [0, 0.05) is 0 Å². The first-order valence-electron chi connectivity index (χ1n) is 5.68. The summed E-state index contributed by atoms with van der Waals surface area (Å²) >= 11 is 11.4. The molecule has 0 saturated heterocycles. The van der Waals surface area contributed by atoms with E-state index < -0.39 is 5.97 Å². The number of esters is 1. The van der Waals surface area contributed by atoms with Crippen molar-refractivity contribution in [2.45, 2.75) is 20.3 Å². The van der Waals surface area contributed by atoms with E-state index in [9.17, 15) is 4.79 Å². The van der Waals surface area contributed by atoms with Crippen molar-refractivity contribution >= 4 is 34.7 Å². The molecular formula is C14H16Cl2O2. The normalized spacial score (nSPS) is 10.3. The highest BCUT2D eigenvalue weighted by Gasteiger charge is 2.16. The quantitative estimate of drug-likeness (QED) is 0.612. The van der Waals surface area contributed by atoms with Gasteiger partial charge in [-0.3, -0.25) is 0 Å². The SMILES string of the molecule is COC(=O)C(=C(Cl)Cl)c1ccc(CC(C)C)cc1. The van der Waals surface area contributed by atoms with Crippen molar-refractivity contribution in [3.05, 3.63) is 39.9 Å². The standard InChI is InChI=1S/C14H16Cl2O2/c1-9(2)8-10-4-6-11(7-5-10)12(13(15)16)14(17)18-3/h4-7,9H,8H2,1-3H3. The third-order valence-corrected chi connectivity index (χ3v) is 2.84. The fourth-order valence-electron chi connectivity index (χ4n) is 1.69. The van der Waals surface area contributed by atoms with Crippen molar-refractivity contribution in [2.75, 3.05) is 7.11 Å². The van der Waals surface area contributed by atoms with Crippen LogP contribution in [0.15, 0.2) is 28.8 Å². The molecule has 0 heterocycles. The summed E-state index contributed by atoms with van der Waals surface area (Å²) in [5.41, 5.74) is 2.06. The van der Waals surface area contributed by atoms with Crippen molar-refractivity contribution in [2.24, 2.45) is 5.92 Å². The molecule has 98 valence electrons. The van der Waals surface area contributed by atoms with E-state index in [-0.39, 0.29) is 10.1 Å². The zero-order valence-corrected chi connectivity index (χ0v) is 12.2. The van der Waals surface area contributed by atoms with Crippen LogP contribution in [0.4, 0.5) is 0 Å². The molecule has 0 atom stereocenters. The van der Waals surface area contributed by atoms with E-state index in [0.29, 0.717) is 11.5 Å². The monoisotopic (exact) mass is 286 g/mol. The number of carbonyl (C=O) groups excluding carboxylic acids is 1. The lowest BCUT2D eigenvalue weighted by molar-refractivity contribution is -0.133. The summed E-state index contributed by atoms with van der Waals surface area (Å²) in [5.74, 6) is 0.0506. The summed E-state index contributed by atoms with van der Waals surface area (Å²) in [6, 6.07) is 7.59. The lowest BCUT2D eigenvalue weighted by Crippen LogP contribution is -2.05. The van der Waals surface area contributed by atoms with Crippen LogP contribution in [0.25, 0.3) is 5.57 Å². The van der Waals surface area contributed by atoms with Crippen molar-refractivity contribution in [1.82, 2.24) is 0 Å². The summed E-state index contributed by atoms with van der Waals surface area (Å²) in [4.78, 5) is 11.6. The number of ether oxygens (including phenoxy) is 1. The van der Waals surface area contributed by atoms with E-state index >= 15 is 0 Å². The largest absolute Gasteiger partial charge is 0.465 e. The molecule has 0 bridgehead atoms. The Morgan fingerprint density at radius 3 is 2.17 bits per heavy atom. The van der Waals surface area contributed by atoms with Crippen molar-refractivity contribution in [3.63, 3.8) is 0 Å². The van der Waals surface area contributed by atoms with Gasteiger partial charge >= 0.3 is 5.97 Å². The maximum absolute atomic E-state index is 11.6. The van der Waals surface area contributed by atoms with Crippen molar-refractivity contribution in [3.8, 4) is 0 Å². The van der Waals surface area contributed by atoms with E-state index in [2.05, 4.69) is 18.6 Å². The molecule has 2 nitrogen and oxygen atoms in total. The molecule has 0 unspecified atom stereocenters. The van der Waals surface area contributed by atoms with Crippen LogP contribution in [0, 0.1) is 5.92 Å². The fourth-order valence-corrected chi connectivity index (χ4v) is 2.06. The minimum atomic E-state index is -0.536. The van der Waals surface area contributed by atoms with Gasteiger partial charge in [-0.05, 0) is 23.5 Å². The number of hydrogen-bond donors (Lipinski definition) is 0. The van der Waals surface area contributed by atoms with Crippen molar-refractivity contribution < 1.29 is 9.53 Å². The second-order valence-electron chi connectivity index (χ2n) is 4.42. The molecule has 0 aromatic heterocycles. The molecule has 0 aliphatic rings. The first kappa shape index (κ1) is 15.1. The van der Waals surface area contributed by atoms with Gasteiger partial charge in [-0.25, -0.2) is 4.79 Å². The van der Waals surface area contributed by atoms with Gasteiger partial charge in [0.1, 0.15) is 4.49 Å². The number of carbonyl (C=O) groups is 1. The van der Waals surface area contributed by atoms with Gasteiger partial charge < -0.3 is 4.74 Å². The Kier molecular flexibility index (Phi) is 5.70. The maximum atomic E-state index is 11.6. The van der Waals surface area contributed by atoms with Gasteiger partial charge in [0.25, 0.3) is 0 Å². The highest BCUT2D eigenvalue weighted by molar-refractivity contribution is 6.61. The Morgan fingerprint density at radius 2 is 1.78 bits per heavy atom. The van der Waals surface area contributed by atoms with Crippen LogP contribution in [0.1, 0.15) is 25.0 Å². The Labute approximate surface area is 118 Å². The summed E-state index contributed by atoms with van der Waals surface area (Å²) < 4.78 is 4.57. The zero-order chi connectivity index (χ0) is 13.7. The van der Waals surface area contributed by atoms with E-state index in [1.165, 1.54) is 12.7 Å². The first-order valence-corrected chi connectivity index (χ1v) is 6.44. The minimum Gasteiger partial charge on any atom is -0.465 e. The highest BCUT2D eigenvalue weighted by atomic mass is 35.5. The van der Waals surface area contributed by atoms with Crippen LogP contribution in [-0.2, 0) is 16.0 Å². The Morgan fingerprint density at radius 1 is 1.22 bits per heavy atom. The second kappa shape index (κ2) is 6.81. The molecule has 0 radical (unpaired) electrons. The molecule has 0 aliphatic carbocycles. The Hall–Kier alpha value is -0.990. The molecule has 1 rings (SSSR count). The molecule has 0 spiro atoms. The number of benzene rings is 1. The molecule has 0 amide bonds. The molecule has 1 aromatic carbocycles. The number of hydrogen-bond acceptors (Lipinski definition) is 2. The minimum absolute atomic E-state index is 0.0848. The second-order valence-corrected chi connectivity index (χ2v) is 5.37. The summed E-state index contributed by atoms with van der Waals surface area (Å²) in [5, 5.41) is 0. The van der Waals surface area contributed by atoms with Gasteiger partial charge in [0.05, 0.1) is 12.7 Å². The summed E-state index contributed by atoms with van der Waals surface area (Å²) in [6.07, 6.45) is 0.992. The van der Waals surface area contributed by atoms with E-state index in [0.717, 1.165) is 6.42 Å². The fraction of sp³-hybridized carbons (Fsp3) is 0.357. The lowest BCUT2D eigenvalue weighted by atomic mass is 10.00. The predicted molar refractivity (Wildman–Crippen MR) is 75.6 cm³/mol. The van der Waals surface area contributed by atoms with Gasteiger partial charge in [-0.1, -0.05) is 61.3 Å². The third kappa shape index (κ3) is 4.04. The lowest BCUT2D eigenvalue weighted by Gasteiger charge is -2.08. The van der Waals surface area contributed by atoms with Crippen LogP contribution in [0.5, 0.6) is 0 Å². The summed E-state index contributed by atoms with van der Waals surface area (Å²) in [7, 11) is 1.30. The Bertz CT molecular complexity index is 443. The van der Waals surface area contributed by atoms with Gasteiger partial charge in [0.15, 0.2) is 0 Å². The number of rotatable bonds is 4. The molecule has 18 heavy (non-hydrogen) atoms. The summed E-state index contributed by atoms with van der Waals surface area (Å²) in [6.45, 7) is 4.31. The van der Waals surface area contributed by atoms with Crippen LogP contribution >= 0.6 is 23.2 Å². The molecular weight excluding hydrogens is 271 g/mol. The van der Waals surface area contributed by atoms with Crippen LogP contribution in [0.3, 0.4) is 0 Å². The highest BCUT2D eigenvalue weighted by Crippen LogP contribution is 2.26. The molecule has 1 aromatic rings. The number of halogens is 2. The van der Waals surface area contributed by atoms with Crippen LogP contribution < -0.4 is 0 Å². The molecule has 0 saturated carbocycles. The zero-order valence-electron chi connectivity index (χ0n) is 10.7. The maximum Gasteiger partial charge on any atom is 0.340 e. The Balaban J connectivity index is 3.03. The average Bonchev–Trinajstić information content (AvgIpc) is 2.30. The van der Waals surface area contributed by atoms with Crippen LogP contribution in [0.2, 0.25) is 0 Å². The smallest absolute Gasteiger partial charge is 0.340 e. The molecule has 4 heteroatoms. The molecule has 0 fully saturated rings. The van der Waals surface area contributed by atoms with E-state index in [1.807, 2.05) is 24.3 Å². The molecule has 0 N–H and O–H groups in total. The topological polar surface area (TPSA) is 26.3 Å². The third-order valence-electron chi connectivity index (χ3n) is 2.47. The molecule has 0 aliphatic heterocycles.